The summed E-state index contributed by atoms with van der Waals surface area (Å²) in [5.41, 5.74) is 1.09. The Hall–Kier alpha value is -1.99. The number of rotatable bonds is 5. The summed E-state index contributed by atoms with van der Waals surface area (Å²) in [6, 6.07) is 4.18. The average molecular weight is 303 g/mol. The normalized spacial score (nSPS) is 18.2. The quantitative estimate of drug-likeness (QED) is 0.832. The minimum atomic E-state index is 0.191. The molecular formula is C15H21N5O2. The van der Waals surface area contributed by atoms with Gasteiger partial charge in [-0.3, -0.25) is 4.90 Å². The first kappa shape index (κ1) is 14.9. The maximum absolute atomic E-state index is 5.34. The molecule has 0 aromatic carbocycles. The van der Waals surface area contributed by atoms with Gasteiger partial charge in [0, 0.05) is 38.5 Å². The zero-order chi connectivity index (χ0) is 15.5. The highest BCUT2D eigenvalue weighted by Crippen LogP contribution is 2.27. The summed E-state index contributed by atoms with van der Waals surface area (Å²) in [5, 5.41) is 8.57. The van der Waals surface area contributed by atoms with Crippen LogP contribution in [0.4, 0.5) is 0 Å². The Morgan fingerprint density at radius 1 is 1.27 bits per heavy atom. The molecule has 0 radical (unpaired) electrons. The first-order valence-electron chi connectivity index (χ1n) is 7.37. The Balaban J connectivity index is 1.79. The van der Waals surface area contributed by atoms with Gasteiger partial charge in [0.15, 0.2) is 5.82 Å². The first-order valence-corrected chi connectivity index (χ1v) is 7.37. The van der Waals surface area contributed by atoms with Gasteiger partial charge in [0.2, 0.25) is 5.88 Å². The van der Waals surface area contributed by atoms with Crippen molar-refractivity contribution >= 4 is 0 Å². The zero-order valence-corrected chi connectivity index (χ0v) is 13.2. The number of methoxy groups -OCH3 is 2. The second-order valence-corrected chi connectivity index (χ2v) is 5.38. The maximum Gasteiger partial charge on any atom is 0.217 e. The van der Waals surface area contributed by atoms with Crippen molar-refractivity contribution in [3.63, 3.8) is 0 Å². The number of fused-ring (bicyclic) bond motifs is 1. The standard InChI is InChI=1S/C15H21N5O2/c1-11-14-18-17-13(10-21-2)20(14)8-7-19(11)9-12-5-4-6-16-15(12)22-3/h4-6,11H,7-10H2,1-3H3/t11-/m1/s1. The van der Waals surface area contributed by atoms with Crippen LogP contribution >= 0.6 is 0 Å². The van der Waals surface area contributed by atoms with Crippen LogP contribution in [0.2, 0.25) is 0 Å². The molecule has 0 saturated heterocycles. The summed E-state index contributed by atoms with van der Waals surface area (Å²) in [6.45, 7) is 5.23. The van der Waals surface area contributed by atoms with Gasteiger partial charge in [-0.1, -0.05) is 6.07 Å². The molecule has 118 valence electrons. The summed E-state index contributed by atoms with van der Waals surface area (Å²) >= 11 is 0. The second-order valence-electron chi connectivity index (χ2n) is 5.38. The Kier molecular flexibility index (Phi) is 4.35. The van der Waals surface area contributed by atoms with Crippen molar-refractivity contribution in [1.29, 1.82) is 0 Å². The van der Waals surface area contributed by atoms with E-state index >= 15 is 0 Å². The molecule has 22 heavy (non-hydrogen) atoms. The molecule has 7 nitrogen and oxygen atoms in total. The highest BCUT2D eigenvalue weighted by molar-refractivity contribution is 5.25. The van der Waals surface area contributed by atoms with Gasteiger partial charge in [0.1, 0.15) is 12.4 Å². The lowest BCUT2D eigenvalue weighted by Gasteiger charge is -2.33. The molecule has 0 N–H and O–H groups in total. The van der Waals surface area contributed by atoms with E-state index in [1.807, 2.05) is 12.1 Å². The number of hydrogen-bond acceptors (Lipinski definition) is 6. The topological polar surface area (TPSA) is 65.3 Å². The van der Waals surface area contributed by atoms with Crippen LogP contribution in [0.25, 0.3) is 0 Å². The predicted octanol–water partition coefficient (Wildman–Crippen LogP) is 1.40. The van der Waals surface area contributed by atoms with Crippen molar-refractivity contribution in [2.24, 2.45) is 0 Å². The summed E-state index contributed by atoms with van der Waals surface area (Å²) in [7, 11) is 3.33. The van der Waals surface area contributed by atoms with Crippen molar-refractivity contribution in [3.8, 4) is 5.88 Å². The molecule has 1 aliphatic heterocycles. The van der Waals surface area contributed by atoms with E-state index in [1.54, 1.807) is 20.4 Å². The minimum absolute atomic E-state index is 0.191. The van der Waals surface area contributed by atoms with Crippen LogP contribution in [0.15, 0.2) is 18.3 Å². The van der Waals surface area contributed by atoms with Crippen molar-refractivity contribution in [1.82, 2.24) is 24.6 Å². The monoisotopic (exact) mass is 303 g/mol. The third kappa shape index (κ3) is 2.69. The molecule has 0 unspecified atom stereocenters. The van der Waals surface area contributed by atoms with Crippen LogP contribution in [-0.2, 0) is 24.4 Å². The van der Waals surface area contributed by atoms with E-state index in [-0.39, 0.29) is 6.04 Å². The molecule has 0 aliphatic carbocycles. The fourth-order valence-corrected chi connectivity index (χ4v) is 2.89. The second kappa shape index (κ2) is 6.41. The maximum atomic E-state index is 5.34. The van der Waals surface area contributed by atoms with Crippen LogP contribution < -0.4 is 4.74 Å². The molecule has 0 spiro atoms. The molecule has 0 bridgehead atoms. The predicted molar refractivity (Wildman–Crippen MR) is 80.3 cm³/mol. The van der Waals surface area contributed by atoms with Crippen molar-refractivity contribution in [2.45, 2.75) is 32.7 Å². The van der Waals surface area contributed by atoms with Crippen LogP contribution in [-0.4, -0.2) is 45.4 Å². The molecule has 1 aliphatic rings. The average Bonchev–Trinajstić information content (AvgIpc) is 2.95. The zero-order valence-electron chi connectivity index (χ0n) is 13.2. The third-order valence-electron chi connectivity index (χ3n) is 4.08. The molecule has 3 heterocycles. The Morgan fingerprint density at radius 3 is 2.91 bits per heavy atom. The Morgan fingerprint density at radius 2 is 2.14 bits per heavy atom. The molecular weight excluding hydrogens is 282 g/mol. The van der Waals surface area contributed by atoms with Crippen LogP contribution in [0.5, 0.6) is 5.88 Å². The van der Waals surface area contributed by atoms with Gasteiger partial charge in [0.05, 0.1) is 13.2 Å². The van der Waals surface area contributed by atoms with Crippen molar-refractivity contribution < 1.29 is 9.47 Å². The lowest BCUT2D eigenvalue weighted by atomic mass is 10.1. The number of ether oxygens (including phenoxy) is 2. The van der Waals surface area contributed by atoms with Crippen LogP contribution in [0, 0.1) is 0 Å². The van der Waals surface area contributed by atoms with Crippen LogP contribution in [0.3, 0.4) is 0 Å². The molecule has 7 heteroatoms. The number of aromatic nitrogens is 4. The van der Waals surface area contributed by atoms with E-state index in [2.05, 4.69) is 31.6 Å². The largest absolute Gasteiger partial charge is 0.481 e. The minimum Gasteiger partial charge on any atom is -0.481 e. The van der Waals surface area contributed by atoms with Crippen molar-refractivity contribution in [2.75, 3.05) is 20.8 Å². The van der Waals surface area contributed by atoms with Crippen LogP contribution in [0.1, 0.15) is 30.2 Å². The molecule has 1 atom stereocenters. The molecule has 0 saturated carbocycles. The van der Waals surface area contributed by atoms with E-state index in [9.17, 15) is 0 Å². The molecule has 3 rings (SSSR count). The summed E-state index contributed by atoms with van der Waals surface area (Å²) in [5.74, 6) is 2.56. The summed E-state index contributed by atoms with van der Waals surface area (Å²) < 4.78 is 12.7. The van der Waals surface area contributed by atoms with E-state index < -0.39 is 0 Å². The van der Waals surface area contributed by atoms with Gasteiger partial charge in [-0.25, -0.2) is 4.98 Å². The molecule has 2 aromatic rings. The lowest BCUT2D eigenvalue weighted by Crippen LogP contribution is -2.37. The van der Waals surface area contributed by atoms with Crippen molar-refractivity contribution in [3.05, 3.63) is 35.5 Å². The Bertz CT molecular complexity index is 643. The van der Waals surface area contributed by atoms with E-state index in [4.69, 9.17) is 9.47 Å². The summed E-state index contributed by atoms with van der Waals surface area (Å²) in [6.07, 6.45) is 1.75. The van der Waals surface area contributed by atoms with E-state index in [0.29, 0.717) is 12.5 Å². The van der Waals surface area contributed by atoms with Gasteiger partial charge in [0.25, 0.3) is 0 Å². The van der Waals surface area contributed by atoms with Gasteiger partial charge in [-0.2, -0.15) is 0 Å². The van der Waals surface area contributed by atoms with E-state index in [0.717, 1.165) is 36.8 Å². The first-order chi connectivity index (χ1) is 10.7. The molecule has 0 amide bonds. The SMILES string of the molecule is COCc1nnc2n1CCN(Cc1cccnc1OC)[C@@H]2C. The number of hydrogen-bond donors (Lipinski definition) is 0. The van der Waals surface area contributed by atoms with Gasteiger partial charge in [-0.05, 0) is 13.0 Å². The van der Waals surface area contributed by atoms with E-state index in [1.165, 1.54) is 0 Å². The number of pyridine rings is 1. The van der Waals surface area contributed by atoms with Gasteiger partial charge in [-0.15, -0.1) is 10.2 Å². The molecule has 0 fully saturated rings. The third-order valence-corrected chi connectivity index (χ3v) is 4.08. The summed E-state index contributed by atoms with van der Waals surface area (Å²) in [4.78, 5) is 6.62. The van der Waals surface area contributed by atoms with Gasteiger partial charge >= 0.3 is 0 Å². The lowest BCUT2D eigenvalue weighted by molar-refractivity contribution is 0.142. The fraction of sp³-hybridized carbons (Fsp3) is 0.533. The highest BCUT2D eigenvalue weighted by Gasteiger charge is 2.28. The highest BCUT2D eigenvalue weighted by atomic mass is 16.5. The smallest absolute Gasteiger partial charge is 0.217 e. The number of nitrogens with zero attached hydrogens (tertiary/aromatic N) is 5. The van der Waals surface area contributed by atoms with Gasteiger partial charge < -0.3 is 14.0 Å². The fourth-order valence-electron chi connectivity index (χ4n) is 2.89. The Labute approximate surface area is 129 Å². The molecule has 2 aromatic heterocycles.